The van der Waals surface area contributed by atoms with Crippen molar-refractivity contribution in [1.82, 2.24) is 0 Å². The fourth-order valence-electron chi connectivity index (χ4n) is 2.05. The van der Waals surface area contributed by atoms with E-state index in [1.165, 1.54) is 24.3 Å². The Labute approximate surface area is 152 Å². The number of anilines is 1. The monoisotopic (exact) mass is 389 g/mol. The molecule has 2 aromatic carbocycles. The van der Waals surface area contributed by atoms with Gasteiger partial charge in [-0.05, 0) is 29.8 Å². The highest BCUT2D eigenvalue weighted by molar-refractivity contribution is 6.44. The van der Waals surface area contributed by atoms with Crippen LogP contribution in [0.15, 0.2) is 36.4 Å². The van der Waals surface area contributed by atoms with E-state index in [-0.39, 0.29) is 27.2 Å². The Balaban J connectivity index is 2.16. The van der Waals surface area contributed by atoms with Gasteiger partial charge in [-0.15, -0.1) is 0 Å². The van der Waals surface area contributed by atoms with Gasteiger partial charge in [0.2, 0.25) is 5.91 Å². The first-order chi connectivity index (χ1) is 11.3. The number of nitrogens with one attached hydrogen (secondary N) is 1. The number of amides is 1. The van der Waals surface area contributed by atoms with Gasteiger partial charge in [0.15, 0.2) is 0 Å². The second-order valence-corrected chi connectivity index (χ2v) is 6.16. The van der Waals surface area contributed by atoms with Crippen molar-refractivity contribution in [2.45, 2.75) is 12.3 Å². The Morgan fingerprint density at radius 3 is 2.21 bits per heavy atom. The molecule has 0 aliphatic carbocycles. The summed E-state index contributed by atoms with van der Waals surface area (Å²) in [7, 11) is 0. The molecule has 4 nitrogen and oxygen atoms in total. The minimum absolute atomic E-state index is 0.173. The lowest BCUT2D eigenvalue weighted by Gasteiger charge is -2.14. The fraction of sp³-hybridized carbons (Fsp3) is 0.125. The molecule has 0 aliphatic heterocycles. The molecule has 126 valence electrons. The van der Waals surface area contributed by atoms with Crippen LogP contribution in [0.3, 0.4) is 0 Å². The van der Waals surface area contributed by atoms with Crippen LogP contribution < -0.4 is 5.32 Å². The van der Waals surface area contributed by atoms with Crippen molar-refractivity contribution in [2.75, 3.05) is 5.32 Å². The molecule has 24 heavy (non-hydrogen) atoms. The number of aliphatic carboxylic acids is 1. The number of halogens is 4. The summed E-state index contributed by atoms with van der Waals surface area (Å²) in [5.74, 6) is -3.38. The number of rotatable bonds is 5. The maximum Gasteiger partial charge on any atom is 0.311 e. The third kappa shape index (κ3) is 4.60. The van der Waals surface area contributed by atoms with Crippen molar-refractivity contribution < 1.29 is 19.1 Å². The molecule has 0 heterocycles. The molecular weight excluding hydrogens is 380 g/mol. The molecule has 1 atom stereocenters. The van der Waals surface area contributed by atoms with Crippen molar-refractivity contribution in [3.05, 3.63) is 62.8 Å². The average molecular weight is 391 g/mol. The van der Waals surface area contributed by atoms with Crippen LogP contribution in [-0.4, -0.2) is 17.0 Å². The Hall–Kier alpha value is -1.82. The van der Waals surface area contributed by atoms with E-state index in [4.69, 9.17) is 34.8 Å². The summed E-state index contributed by atoms with van der Waals surface area (Å²) in [4.78, 5) is 23.5. The van der Waals surface area contributed by atoms with E-state index in [1.807, 2.05) is 0 Å². The second-order valence-electron chi connectivity index (χ2n) is 4.94. The molecule has 2 aromatic rings. The van der Waals surface area contributed by atoms with Gasteiger partial charge >= 0.3 is 5.97 Å². The summed E-state index contributed by atoms with van der Waals surface area (Å²) < 4.78 is 13.0. The molecule has 2 rings (SSSR count). The predicted molar refractivity (Wildman–Crippen MR) is 91.5 cm³/mol. The number of carboxylic acids is 1. The predicted octanol–water partition coefficient (Wildman–Crippen LogP) is 4.98. The van der Waals surface area contributed by atoms with E-state index < -0.39 is 23.6 Å². The molecule has 2 N–H and O–H groups in total. The van der Waals surface area contributed by atoms with Gasteiger partial charge in [0, 0.05) is 6.42 Å². The zero-order valence-electron chi connectivity index (χ0n) is 12.0. The molecule has 1 amide bonds. The maximum absolute atomic E-state index is 13.0. The van der Waals surface area contributed by atoms with Gasteiger partial charge in [0.05, 0.1) is 26.7 Å². The lowest BCUT2D eigenvalue weighted by molar-refractivity contribution is -0.140. The van der Waals surface area contributed by atoms with Crippen LogP contribution in [0, 0.1) is 5.82 Å². The number of carbonyl (C=O) groups is 2. The lowest BCUT2D eigenvalue weighted by atomic mass is 9.95. The van der Waals surface area contributed by atoms with E-state index in [9.17, 15) is 19.1 Å². The standard InChI is InChI=1S/C16H11Cl3FNO3/c17-11-6-13(19)14(7-12(11)18)21-15(22)5-10(16(23)24)8-1-3-9(20)4-2-8/h1-4,6-7,10H,5H2,(H,21,22)(H,23,24)/t10-/m1/s1. The molecular formula is C16H11Cl3FNO3. The van der Waals surface area contributed by atoms with Gasteiger partial charge in [0.1, 0.15) is 5.82 Å². The molecule has 0 aliphatic rings. The van der Waals surface area contributed by atoms with Gasteiger partial charge in [-0.1, -0.05) is 46.9 Å². The maximum atomic E-state index is 13.0. The largest absolute Gasteiger partial charge is 0.481 e. The first-order valence-corrected chi connectivity index (χ1v) is 7.84. The summed E-state index contributed by atoms with van der Waals surface area (Å²) in [5.41, 5.74) is 0.540. The van der Waals surface area contributed by atoms with Gasteiger partial charge in [0.25, 0.3) is 0 Å². The van der Waals surface area contributed by atoms with Crippen molar-refractivity contribution in [3.8, 4) is 0 Å². The normalized spacial score (nSPS) is 11.8. The number of carbonyl (C=O) groups excluding carboxylic acids is 1. The first-order valence-electron chi connectivity index (χ1n) is 6.70. The van der Waals surface area contributed by atoms with Crippen LogP contribution in [0.5, 0.6) is 0 Å². The Morgan fingerprint density at radius 2 is 1.62 bits per heavy atom. The average Bonchev–Trinajstić information content (AvgIpc) is 2.51. The van der Waals surface area contributed by atoms with Crippen molar-refractivity contribution in [2.24, 2.45) is 0 Å². The van der Waals surface area contributed by atoms with Gasteiger partial charge < -0.3 is 10.4 Å². The Bertz CT molecular complexity index is 781. The van der Waals surface area contributed by atoms with Crippen LogP contribution in [0.2, 0.25) is 15.1 Å². The fourth-order valence-corrected chi connectivity index (χ4v) is 2.64. The van der Waals surface area contributed by atoms with Crippen LogP contribution in [0.4, 0.5) is 10.1 Å². The van der Waals surface area contributed by atoms with Gasteiger partial charge in [-0.25, -0.2) is 4.39 Å². The Kier molecular flexibility index (Phi) is 6.04. The number of hydrogen-bond acceptors (Lipinski definition) is 2. The third-order valence-corrected chi connectivity index (χ3v) is 4.28. The molecule has 0 aromatic heterocycles. The highest BCUT2D eigenvalue weighted by Gasteiger charge is 2.24. The number of hydrogen-bond donors (Lipinski definition) is 2. The molecule has 8 heteroatoms. The van der Waals surface area contributed by atoms with E-state index in [0.29, 0.717) is 5.56 Å². The van der Waals surface area contributed by atoms with Crippen LogP contribution >= 0.6 is 34.8 Å². The lowest BCUT2D eigenvalue weighted by Crippen LogP contribution is -2.21. The molecule has 0 radical (unpaired) electrons. The highest BCUT2D eigenvalue weighted by Crippen LogP contribution is 2.32. The van der Waals surface area contributed by atoms with Crippen molar-refractivity contribution in [1.29, 1.82) is 0 Å². The highest BCUT2D eigenvalue weighted by atomic mass is 35.5. The zero-order valence-corrected chi connectivity index (χ0v) is 14.3. The molecule has 0 saturated carbocycles. The van der Waals surface area contributed by atoms with E-state index in [0.717, 1.165) is 12.1 Å². The van der Waals surface area contributed by atoms with E-state index in [1.54, 1.807) is 0 Å². The van der Waals surface area contributed by atoms with Crippen molar-refractivity contribution >= 4 is 52.4 Å². The Morgan fingerprint density at radius 1 is 1.04 bits per heavy atom. The SMILES string of the molecule is O=C(C[C@@H](C(=O)O)c1ccc(F)cc1)Nc1cc(Cl)c(Cl)cc1Cl. The van der Waals surface area contributed by atoms with Crippen LogP contribution in [-0.2, 0) is 9.59 Å². The molecule has 0 spiro atoms. The van der Waals surface area contributed by atoms with Gasteiger partial charge in [-0.3, -0.25) is 9.59 Å². The van der Waals surface area contributed by atoms with E-state index in [2.05, 4.69) is 5.32 Å². The van der Waals surface area contributed by atoms with Crippen LogP contribution in [0.25, 0.3) is 0 Å². The summed E-state index contributed by atoms with van der Waals surface area (Å²) in [6, 6.07) is 7.67. The van der Waals surface area contributed by atoms with Crippen molar-refractivity contribution in [3.63, 3.8) is 0 Å². The topological polar surface area (TPSA) is 66.4 Å². The third-order valence-electron chi connectivity index (χ3n) is 3.24. The number of benzene rings is 2. The molecule has 0 saturated heterocycles. The summed E-state index contributed by atoms with van der Waals surface area (Å²) >= 11 is 17.6. The smallest absolute Gasteiger partial charge is 0.311 e. The molecule has 0 unspecified atom stereocenters. The minimum atomic E-state index is -1.20. The van der Waals surface area contributed by atoms with Crippen LogP contribution in [0.1, 0.15) is 17.9 Å². The number of carboxylic acid groups (broad SMARTS) is 1. The second kappa shape index (κ2) is 7.83. The van der Waals surface area contributed by atoms with E-state index >= 15 is 0 Å². The minimum Gasteiger partial charge on any atom is -0.481 e. The molecule has 0 fully saturated rings. The zero-order chi connectivity index (χ0) is 17.9. The molecule has 0 bridgehead atoms. The first kappa shape index (κ1) is 18.5. The summed E-state index contributed by atoms with van der Waals surface area (Å²) in [5, 5.41) is 12.4. The summed E-state index contributed by atoms with van der Waals surface area (Å²) in [6.07, 6.45) is -0.350. The quantitative estimate of drug-likeness (QED) is 0.707. The van der Waals surface area contributed by atoms with Gasteiger partial charge in [-0.2, -0.15) is 0 Å². The summed E-state index contributed by atoms with van der Waals surface area (Å²) in [6.45, 7) is 0.